The highest BCUT2D eigenvalue weighted by molar-refractivity contribution is 8.00. The number of thioether (sulfide) groups is 1. The fourth-order valence-electron chi connectivity index (χ4n) is 2.90. The lowest BCUT2D eigenvalue weighted by Crippen LogP contribution is -2.36. The molecule has 1 saturated heterocycles. The predicted octanol–water partition coefficient (Wildman–Crippen LogP) is 2.73. The molecule has 2 heterocycles. The number of hydrogen-bond donors (Lipinski definition) is 1. The Labute approximate surface area is 118 Å². The van der Waals surface area contributed by atoms with Gasteiger partial charge in [0.05, 0.1) is 11.2 Å². The zero-order valence-corrected chi connectivity index (χ0v) is 12.2. The third-order valence-corrected chi connectivity index (χ3v) is 5.49. The lowest BCUT2D eigenvalue weighted by molar-refractivity contribution is 0.553. The van der Waals surface area contributed by atoms with Crippen LogP contribution in [0.1, 0.15) is 25.0 Å². The molecule has 0 aliphatic carbocycles. The normalized spacial score (nSPS) is 21.7. The van der Waals surface area contributed by atoms with Crippen molar-refractivity contribution < 1.29 is 0 Å². The second-order valence-corrected chi connectivity index (χ2v) is 6.71. The van der Waals surface area contributed by atoms with Crippen molar-refractivity contribution in [2.45, 2.75) is 37.0 Å². The predicted molar refractivity (Wildman–Crippen MR) is 82.5 cm³/mol. The molecule has 102 valence electrons. The van der Waals surface area contributed by atoms with Crippen LogP contribution in [-0.2, 0) is 13.5 Å². The summed E-state index contributed by atoms with van der Waals surface area (Å²) in [5.74, 6) is 1.27. The highest BCUT2D eigenvalue weighted by Gasteiger charge is 2.23. The Hall–Kier alpha value is -1.00. The Morgan fingerprint density at radius 2 is 2.26 bits per heavy atom. The molecule has 2 atom stereocenters. The van der Waals surface area contributed by atoms with Gasteiger partial charge in [0.25, 0.3) is 0 Å². The molecule has 1 aliphatic rings. The van der Waals surface area contributed by atoms with Gasteiger partial charge in [-0.3, -0.25) is 4.68 Å². The molecule has 2 N–H and O–H groups in total. The quantitative estimate of drug-likeness (QED) is 0.936. The van der Waals surface area contributed by atoms with Crippen molar-refractivity contribution >= 4 is 22.7 Å². The molecule has 1 aromatic heterocycles. The summed E-state index contributed by atoms with van der Waals surface area (Å²) in [5.41, 5.74) is 8.76. The minimum Gasteiger partial charge on any atom is -0.326 e. The van der Waals surface area contributed by atoms with E-state index in [9.17, 15) is 0 Å². The van der Waals surface area contributed by atoms with Crippen molar-refractivity contribution in [3.05, 3.63) is 30.0 Å². The van der Waals surface area contributed by atoms with Crippen LogP contribution in [0.4, 0.5) is 0 Å². The first kappa shape index (κ1) is 13.0. The van der Waals surface area contributed by atoms with Crippen molar-refractivity contribution in [1.82, 2.24) is 9.78 Å². The van der Waals surface area contributed by atoms with E-state index in [1.54, 1.807) is 0 Å². The van der Waals surface area contributed by atoms with Gasteiger partial charge in [-0.05, 0) is 24.7 Å². The van der Waals surface area contributed by atoms with Gasteiger partial charge in [0.1, 0.15) is 0 Å². The van der Waals surface area contributed by atoms with Crippen LogP contribution in [0.3, 0.4) is 0 Å². The number of nitrogens with two attached hydrogens (primary N) is 1. The summed E-state index contributed by atoms with van der Waals surface area (Å²) in [5, 5.41) is 6.51. The Morgan fingerprint density at radius 1 is 1.42 bits per heavy atom. The second-order valence-electron chi connectivity index (χ2n) is 5.36. The fourth-order valence-corrected chi connectivity index (χ4v) is 4.25. The number of fused-ring (bicyclic) bond motifs is 1. The van der Waals surface area contributed by atoms with Crippen molar-refractivity contribution in [2.75, 3.05) is 5.75 Å². The summed E-state index contributed by atoms with van der Waals surface area (Å²) < 4.78 is 1.96. The molecule has 0 amide bonds. The first-order chi connectivity index (χ1) is 9.25. The van der Waals surface area contributed by atoms with Gasteiger partial charge in [-0.2, -0.15) is 16.9 Å². The molecule has 0 saturated carbocycles. The molecule has 3 nitrogen and oxygen atoms in total. The Balaban J connectivity index is 1.81. The smallest absolute Gasteiger partial charge is 0.0719 e. The van der Waals surface area contributed by atoms with Crippen LogP contribution in [-0.4, -0.2) is 26.8 Å². The summed E-state index contributed by atoms with van der Waals surface area (Å²) in [6, 6.07) is 8.63. The van der Waals surface area contributed by atoms with E-state index in [1.165, 1.54) is 35.9 Å². The lowest BCUT2D eigenvalue weighted by atomic mass is 10.0. The van der Waals surface area contributed by atoms with E-state index in [1.807, 2.05) is 23.5 Å². The lowest BCUT2D eigenvalue weighted by Gasteiger charge is -2.26. The summed E-state index contributed by atoms with van der Waals surface area (Å²) in [7, 11) is 2.01. The van der Waals surface area contributed by atoms with E-state index in [2.05, 4.69) is 29.4 Å². The summed E-state index contributed by atoms with van der Waals surface area (Å²) in [4.78, 5) is 0. The van der Waals surface area contributed by atoms with Gasteiger partial charge in [0.15, 0.2) is 0 Å². The van der Waals surface area contributed by atoms with Gasteiger partial charge in [0, 0.05) is 30.1 Å². The van der Waals surface area contributed by atoms with Crippen LogP contribution in [0.25, 0.3) is 10.9 Å². The number of rotatable bonds is 3. The van der Waals surface area contributed by atoms with Gasteiger partial charge in [-0.25, -0.2) is 0 Å². The molecule has 1 aromatic carbocycles. The highest BCUT2D eigenvalue weighted by Crippen LogP contribution is 2.29. The van der Waals surface area contributed by atoms with E-state index in [0.29, 0.717) is 5.25 Å². The standard InChI is InChI=1S/C15H21N3S/c1-18-14-7-3-2-6-11(14)13(17-18)10-12(16)15-8-4-5-9-19-15/h2-3,6-7,12,15H,4-5,8-10,16H2,1H3. The van der Waals surface area contributed by atoms with Crippen LogP contribution < -0.4 is 5.73 Å². The molecule has 19 heavy (non-hydrogen) atoms. The van der Waals surface area contributed by atoms with Crippen LogP contribution in [0.2, 0.25) is 0 Å². The first-order valence-corrected chi connectivity index (χ1v) is 8.08. The average molecular weight is 275 g/mol. The Morgan fingerprint density at radius 3 is 3.05 bits per heavy atom. The largest absolute Gasteiger partial charge is 0.326 e. The van der Waals surface area contributed by atoms with Gasteiger partial charge in [-0.1, -0.05) is 24.6 Å². The summed E-state index contributed by atoms with van der Waals surface area (Å²) >= 11 is 2.04. The van der Waals surface area contributed by atoms with Gasteiger partial charge in [0.2, 0.25) is 0 Å². The van der Waals surface area contributed by atoms with Gasteiger partial charge < -0.3 is 5.73 Å². The topological polar surface area (TPSA) is 43.8 Å². The third kappa shape index (κ3) is 2.65. The molecule has 1 aliphatic heterocycles. The van der Waals surface area contributed by atoms with Crippen molar-refractivity contribution in [3.63, 3.8) is 0 Å². The number of nitrogens with zero attached hydrogens (tertiary/aromatic N) is 2. The number of aromatic nitrogens is 2. The third-order valence-electron chi connectivity index (χ3n) is 3.96. The fraction of sp³-hybridized carbons (Fsp3) is 0.533. The van der Waals surface area contributed by atoms with Crippen molar-refractivity contribution in [1.29, 1.82) is 0 Å². The molecule has 2 unspecified atom stereocenters. The number of aryl methyl sites for hydroxylation is 1. The molecular weight excluding hydrogens is 254 g/mol. The molecule has 1 fully saturated rings. The van der Waals surface area contributed by atoms with Crippen LogP contribution in [0.5, 0.6) is 0 Å². The van der Waals surface area contributed by atoms with Crippen LogP contribution in [0.15, 0.2) is 24.3 Å². The molecule has 4 heteroatoms. The number of hydrogen-bond acceptors (Lipinski definition) is 3. The van der Waals surface area contributed by atoms with E-state index < -0.39 is 0 Å². The number of para-hydroxylation sites is 1. The van der Waals surface area contributed by atoms with E-state index >= 15 is 0 Å². The monoisotopic (exact) mass is 275 g/mol. The molecule has 2 aromatic rings. The van der Waals surface area contributed by atoms with Gasteiger partial charge >= 0.3 is 0 Å². The van der Waals surface area contributed by atoms with E-state index in [-0.39, 0.29) is 6.04 Å². The van der Waals surface area contributed by atoms with Crippen molar-refractivity contribution in [2.24, 2.45) is 12.8 Å². The van der Waals surface area contributed by atoms with E-state index in [4.69, 9.17) is 5.73 Å². The maximum absolute atomic E-state index is 6.41. The maximum Gasteiger partial charge on any atom is 0.0719 e. The molecule has 0 bridgehead atoms. The summed E-state index contributed by atoms with van der Waals surface area (Å²) in [6.07, 6.45) is 4.82. The number of benzene rings is 1. The SMILES string of the molecule is Cn1nc(CC(N)C2CCCCS2)c2ccccc21. The molecule has 0 radical (unpaired) electrons. The zero-order valence-electron chi connectivity index (χ0n) is 11.4. The maximum atomic E-state index is 6.41. The Kier molecular flexibility index (Phi) is 3.80. The zero-order chi connectivity index (χ0) is 13.2. The first-order valence-electron chi connectivity index (χ1n) is 7.03. The molecule has 3 rings (SSSR count). The summed E-state index contributed by atoms with van der Waals surface area (Å²) in [6.45, 7) is 0. The Bertz CT molecular complexity index is 558. The molecular formula is C15H21N3S. The molecule has 0 spiro atoms. The minimum absolute atomic E-state index is 0.226. The average Bonchev–Trinajstić information content (AvgIpc) is 2.77. The van der Waals surface area contributed by atoms with Crippen LogP contribution >= 0.6 is 11.8 Å². The highest BCUT2D eigenvalue weighted by atomic mass is 32.2. The van der Waals surface area contributed by atoms with E-state index in [0.717, 1.165) is 12.1 Å². The minimum atomic E-state index is 0.226. The van der Waals surface area contributed by atoms with Crippen molar-refractivity contribution in [3.8, 4) is 0 Å². The van der Waals surface area contributed by atoms with Gasteiger partial charge in [-0.15, -0.1) is 0 Å². The van der Waals surface area contributed by atoms with Crippen LogP contribution in [0, 0.1) is 0 Å². The second kappa shape index (κ2) is 5.55.